The van der Waals surface area contributed by atoms with Crippen LogP contribution < -0.4 is 10.6 Å². The molecular weight excluding hydrogens is 334 g/mol. The van der Waals surface area contributed by atoms with Gasteiger partial charge in [0.15, 0.2) is 0 Å². The van der Waals surface area contributed by atoms with E-state index >= 15 is 0 Å². The highest BCUT2D eigenvalue weighted by Gasteiger charge is 2.16. The van der Waals surface area contributed by atoms with E-state index in [4.69, 9.17) is 0 Å². The SMILES string of the molecule is CN(C)C(CNC(=O)Nc1ccccc1-n1cccn1)c1ccsc1. The lowest BCUT2D eigenvalue weighted by molar-refractivity contribution is 0.243. The highest BCUT2D eigenvalue weighted by atomic mass is 32.1. The van der Waals surface area contributed by atoms with E-state index in [1.165, 1.54) is 5.56 Å². The average molecular weight is 355 g/mol. The molecule has 2 aromatic heterocycles. The second kappa shape index (κ2) is 7.96. The fourth-order valence-electron chi connectivity index (χ4n) is 2.61. The van der Waals surface area contributed by atoms with Crippen LogP contribution in [0.5, 0.6) is 0 Å². The summed E-state index contributed by atoms with van der Waals surface area (Å²) in [4.78, 5) is 14.5. The molecule has 0 spiro atoms. The van der Waals surface area contributed by atoms with Crippen molar-refractivity contribution in [3.63, 3.8) is 0 Å². The maximum absolute atomic E-state index is 12.4. The Bertz CT molecular complexity index is 799. The minimum atomic E-state index is -0.235. The van der Waals surface area contributed by atoms with Crippen LogP contribution in [0.15, 0.2) is 59.6 Å². The summed E-state index contributed by atoms with van der Waals surface area (Å²) in [6, 6.07) is 11.4. The molecule has 2 amide bonds. The van der Waals surface area contributed by atoms with E-state index in [-0.39, 0.29) is 12.1 Å². The number of amides is 2. The van der Waals surface area contributed by atoms with Crippen molar-refractivity contribution in [2.45, 2.75) is 6.04 Å². The first-order valence-corrected chi connectivity index (χ1v) is 8.92. The Labute approximate surface area is 151 Å². The normalized spacial score (nSPS) is 12.1. The van der Waals surface area contributed by atoms with Gasteiger partial charge < -0.3 is 15.5 Å². The highest BCUT2D eigenvalue weighted by molar-refractivity contribution is 7.07. The molecule has 1 unspecified atom stereocenters. The highest BCUT2D eigenvalue weighted by Crippen LogP contribution is 2.21. The van der Waals surface area contributed by atoms with Gasteiger partial charge in [0.1, 0.15) is 0 Å². The molecule has 1 aromatic carbocycles. The van der Waals surface area contributed by atoms with Crippen LogP contribution in [0.25, 0.3) is 5.69 Å². The predicted octanol–water partition coefficient (Wildman–Crippen LogP) is 3.36. The largest absolute Gasteiger partial charge is 0.336 e. The molecule has 0 fully saturated rings. The summed E-state index contributed by atoms with van der Waals surface area (Å²) in [5, 5.41) is 14.2. The van der Waals surface area contributed by atoms with Gasteiger partial charge in [0.2, 0.25) is 0 Å². The Balaban J connectivity index is 1.65. The van der Waals surface area contributed by atoms with Gasteiger partial charge in [-0.25, -0.2) is 9.48 Å². The molecule has 2 N–H and O–H groups in total. The molecule has 0 aliphatic carbocycles. The zero-order valence-electron chi connectivity index (χ0n) is 14.2. The number of rotatable bonds is 6. The Morgan fingerprint density at radius 3 is 2.80 bits per heavy atom. The lowest BCUT2D eigenvalue weighted by Gasteiger charge is -2.24. The van der Waals surface area contributed by atoms with Crippen molar-refractivity contribution in [2.24, 2.45) is 0 Å². The molecule has 0 radical (unpaired) electrons. The van der Waals surface area contributed by atoms with Gasteiger partial charge in [-0.2, -0.15) is 16.4 Å². The molecule has 0 aliphatic heterocycles. The van der Waals surface area contributed by atoms with Gasteiger partial charge in [0.05, 0.1) is 17.4 Å². The fourth-order valence-corrected chi connectivity index (χ4v) is 3.32. The van der Waals surface area contributed by atoms with E-state index in [1.807, 2.05) is 56.0 Å². The first-order valence-electron chi connectivity index (χ1n) is 7.97. The number of benzene rings is 1. The van der Waals surface area contributed by atoms with Gasteiger partial charge in [-0.05, 0) is 54.7 Å². The first-order chi connectivity index (χ1) is 12.1. The van der Waals surface area contributed by atoms with Gasteiger partial charge in [-0.15, -0.1) is 0 Å². The second-order valence-corrected chi connectivity index (χ2v) is 6.62. The number of hydrogen-bond donors (Lipinski definition) is 2. The van der Waals surface area contributed by atoms with Crippen LogP contribution in [0, 0.1) is 0 Å². The van der Waals surface area contributed by atoms with Gasteiger partial charge >= 0.3 is 6.03 Å². The molecule has 0 saturated carbocycles. The number of anilines is 1. The van der Waals surface area contributed by atoms with Crippen molar-refractivity contribution in [3.8, 4) is 5.69 Å². The zero-order valence-corrected chi connectivity index (χ0v) is 15.0. The van der Waals surface area contributed by atoms with Crippen molar-refractivity contribution in [1.29, 1.82) is 0 Å². The van der Waals surface area contributed by atoms with Crippen LogP contribution in [0.3, 0.4) is 0 Å². The second-order valence-electron chi connectivity index (χ2n) is 5.84. The predicted molar refractivity (Wildman–Crippen MR) is 101 cm³/mol. The standard InChI is InChI=1S/C18H21N5OS/c1-22(2)17(14-8-11-25-13-14)12-19-18(24)21-15-6-3-4-7-16(15)23-10-5-9-20-23/h3-11,13,17H,12H2,1-2H3,(H2,19,21,24). The molecule has 0 aliphatic rings. The number of nitrogens with zero attached hydrogens (tertiary/aromatic N) is 3. The van der Waals surface area contributed by atoms with Crippen molar-refractivity contribution < 1.29 is 4.79 Å². The van der Waals surface area contributed by atoms with E-state index in [2.05, 4.69) is 32.1 Å². The molecule has 3 aromatic rings. The minimum absolute atomic E-state index is 0.137. The number of aromatic nitrogens is 2. The summed E-state index contributed by atoms with van der Waals surface area (Å²) in [7, 11) is 4.02. The third kappa shape index (κ3) is 4.26. The molecule has 1 atom stereocenters. The van der Waals surface area contributed by atoms with Gasteiger partial charge in [0, 0.05) is 18.9 Å². The summed E-state index contributed by atoms with van der Waals surface area (Å²) in [5.41, 5.74) is 2.73. The van der Waals surface area contributed by atoms with Crippen LogP contribution in [-0.2, 0) is 0 Å². The van der Waals surface area contributed by atoms with E-state index in [9.17, 15) is 4.79 Å². The number of thiophene rings is 1. The van der Waals surface area contributed by atoms with Crippen LogP contribution in [0.2, 0.25) is 0 Å². The summed E-state index contributed by atoms with van der Waals surface area (Å²) < 4.78 is 1.73. The van der Waals surface area contributed by atoms with Crippen molar-refractivity contribution in [1.82, 2.24) is 20.0 Å². The summed E-state index contributed by atoms with van der Waals surface area (Å²) in [6.45, 7) is 0.527. The number of para-hydroxylation sites is 2. The van der Waals surface area contributed by atoms with Crippen molar-refractivity contribution >= 4 is 23.1 Å². The third-order valence-electron chi connectivity index (χ3n) is 3.91. The lowest BCUT2D eigenvalue weighted by Crippen LogP contribution is -2.36. The van der Waals surface area contributed by atoms with Crippen LogP contribution in [-0.4, -0.2) is 41.4 Å². The number of nitrogens with one attached hydrogen (secondary N) is 2. The molecular formula is C18H21N5OS. The summed E-state index contributed by atoms with van der Waals surface area (Å²) in [5.74, 6) is 0. The quantitative estimate of drug-likeness (QED) is 0.713. The van der Waals surface area contributed by atoms with Gasteiger partial charge in [0.25, 0.3) is 0 Å². The zero-order chi connectivity index (χ0) is 17.6. The summed E-state index contributed by atoms with van der Waals surface area (Å²) in [6.07, 6.45) is 3.55. The molecule has 25 heavy (non-hydrogen) atoms. The third-order valence-corrected chi connectivity index (χ3v) is 4.61. The Morgan fingerprint density at radius 2 is 2.12 bits per heavy atom. The maximum Gasteiger partial charge on any atom is 0.319 e. The molecule has 0 saturated heterocycles. The molecule has 0 bridgehead atoms. The van der Waals surface area contributed by atoms with E-state index in [1.54, 1.807) is 22.2 Å². The first kappa shape index (κ1) is 17.2. The maximum atomic E-state index is 12.4. The molecule has 3 rings (SSSR count). The van der Waals surface area contributed by atoms with Crippen LogP contribution in [0.1, 0.15) is 11.6 Å². The number of carbonyl (C=O) groups excluding carboxylic acids is 1. The molecule has 130 valence electrons. The minimum Gasteiger partial charge on any atom is -0.336 e. The summed E-state index contributed by atoms with van der Waals surface area (Å²) >= 11 is 1.66. The smallest absolute Gasteiger partial charge is 0.319 e. The van der Waals surface area contributed by atoms with E-state index in [0.29, 0.717) is 12.2 Å². The monoisotopic (exact) mass is 355 g/mol. The Morgan fingerprint density at radius 1 is 1.28 bits per heavy atom. The van der Waals surface area contributed by atoms with Crippen molar-refractivity contribution in [3.05, 3.63) is 65.1 Å². The van der Waals surface area contributed by atoms with Gasteiger partial charge in [-0.1, -0.05) is 12.1 Å². The number of likely N-dealkylation sites (N-methyl/N-ethyl adjacent to an activating group) is 1. The lowest BCUT2D eigenvalue weighted by atomic mass is 10.1. The molecule has 6 nitrogen and oxygen atoms in total. The number of hydrogen-bond acceptors (Lipinski definition) is 4. The Kier molecular flexibility index (Phi) is 5.47. The topological polar surface area (TPSA) is 62.2 Å². The van der Waals surface area contributed by atoms with E-state index < -0.39 is 0 Å². The Hall–Kier alpha value is -2.64. The fraction of sp³-hybridized carbons (Fsp3) is 0.222. The number of urea groups is 1. The molecule has 2 heterocycles. The van der Waals surface area contributed by atoms with Crippen LogP contribution in [0.4, 0.5) is 10.5 Å². The van der Waals surface area contributed by atoms with Crippen LogP contribution >= 0.6 is 11.3 Å². The number of carbonyl (C=O) groups is 1. The average Bonchev–Trinajstić information content (AvgIpc) is 3.29. The van der Waals surface area contributed by atoms with Crippen molar-refractivity contribution in [2.75, 3.05) is 26.0 Å². The van der Waals surface area contributed by atoms with Gasteiger partial charge in [-0.3, -0.25) is 0 Å². The van der Waals surface area contributed by atoms with E-state index in [0.717, 1.165) is 5.69 Å². The molecule has 7 heteroatoms.